The van der Waals surface area contributed by atoms with Crippen LogP contribution in [0, 0.1) is 6.92 Å². The van der Waals surface area contributed by atoms with E-state index in [1.165, 1.54) is 0 Å². The fourth-order valence-electron chi connectivity index (χ4n) is 4.33. The number of aromatic nitrogens is 2. The van der Waals surface area contributed by atoms with Gasteiger partial charge in [0.25, 0.3) is 5.91 Å². The number of rotatable bonds is 8. The number of ether oxygens (including phenoxy) is 2. The van der Waals surface area contributed by atoms with Crippen molar-refractivity contribution < 1.29 is 19.1 Å². The first-order chi connectivity index (χ1) is 18.6. The fourth-order valence-corrected chi connectivity index (χ4v) is 4.33. The number of carbonyl (C=O) groups excluding carboxylic acids is 2. The molecule has 1 heterocycles. The number of hydrogen-bond acceptors (Lipinski definition) is 5. The molecule has 8 heteroatoms. The minimum atomic E-state index is -0.626. The number of aryl methyl sites for hydroxylation is 1. The Morgan fingerprint density at radius 1 is 1.03 bits per heavy atom. The Labute approximate surface area is 228 Å². The number of nitrogens with zero attached hydrogens (tertiary/aromatic N) is 1. The van der Waals surface area contributed by atoms with Crippen LogP contribution in [0.4, 0.5) is 4.79 Å². The summed E-state index contributed by atoms with van der Waals surface area (Å²) in [5.41, 5.74) is 4.54. The van der Waals surface area contributed by atoms with Gasteiger partial charge in [-0.05, 0) is 93.6 Å². The zero-order chi connectivity index (χ0) is 27.6. The van der Waals surface area contributed by atoms with Gasteiger partial charge in [-0.2, -0.15) is 5.10 Å². The molecule has 0 spiro atoms. The topological polar surface area (TPSA) is 105 Å². The number of alkyl carbamates (subject to hydrolysis) is 1. The molecule has 0 aliphatic heterocycles. The maximum absolute atomic E-state index is 13.5. The summed E-state index contributed by atoms with van der Waals surface area (Å²) in [6, 6.07) is 20.7. The second-order valence-electron chi connectivity index (χ2n) is 11.0. The van der Waals surface area contributed by atoms with Crippen LogP contribution in [0.3, 0.4) is 0 Å². The van der Waals surface area contributed by atoms with Crippen LogP contribution in [0.5, 0.6) is 5.75 Å². The average Bonchev–Trinajstić information content (AvgIpc) is 3.65. The molecule has 0 bridgehead atoms. The van der Waals surface area contributed by atoms with Crippen LogP contribution >= 0.6 is 0 Å². The summed E-state index contributed by atoms with van der Waals surface area (Å²) in [5, 5.41) is 14.2. The molecule has 0 saturated heterocycles. The summed E-state index contributed by atoms with van der Waals surface area (Å²) in [4.78, 5) is 25.9. The molecular formula is C31H34N4O4. The van der Waals surface area contributed by atoms with E-state index in [-0.39, 0.29) is 18.6 Å². The molecule has 39 heavy (non-hydrogen) atoms. The van der Waals surface area contributed by atoms with Gasteiger partial charge in [0.15, 0.2) is 0 Å². The fraction of sp³-hybridized carbons (Fsp3) is 0.323. The third-order valence-electron chi connectivity index (χ3n) is 6.45. The zero-order valence-electron chi connectivity index (χ0n) is 22.7. The van der Waals surface area contributed by atoms with Gasteiger partial charge in [-0.25, -0.2) is 4.79 Å². The number of H-pyrrole nitrogens is 1. The Morgan fingerprint density at radius 2 is 1.79 bits per heavy atom. The molecular weight excluding hydrogens is 492 g/mol. The first-order valence-electron chi connectivity index (χ1n) is 13.2. The number of benzene rings is 3. The van der Waals surface area contributed by atoms with Crippen LogP contribution in [0.1, 0.15) is 61.3 Å². The van der Waals surface area contributed by atoms with Gasteiger partial charge in [0, 0.05) is 23.2 Å². The van der Waals surface area contributed by atoms with Crippen LogP contribution in [0.2, 0.25) is 0 Å². The van der Waals surface area contributed by atoms with Crippen molar-refractivity contribution in [2.75, 3.05) is 6.54 Å². The third kappa shape index (κ3) is 6.76. The Bertz CT molecular complexity index is 1500. The molecule has 3 aromatic carbocycles. The van der Waals surface area contributed by atoms with E-state index in [1.807, 2.05) is 82.3 Å². The van der Waals surface area contributed by atoms with Crippen LogP contribution in [0.15, 0.2) is 66.7 Å². The molecule has 1 atom stereocenters. The van der Waals surface area contributed by atoms with Crippen molar-refractivity contribution in [3.63, 3.8) is 0 Å². The van der Waals surface area contributed by atoms with Crippen molar-refractivity contribution in [1.82, 2.24) is 20.8 Å². The van der Waals surface area contributed by atoms with E-state index in [0.717, 1.165) is 51.9 Å². The van der Waals surface area contributed by atoms with Crippen molar-refractivity contribution in [3.05, 3.63) is 83.6 Å². The summed E-state index contributed by atoms with van der Waals surface area (Å²) in [7, 11) is 0. The molecule has 1 saturated carbocycles. The van der Waals surface area contributed by atoms with Crippen molar-refractivity contribution >= 4 is 22.9 Å². The molecule has 8 nitrogen and oxygen atoms in total. The number of amides is 2. The van der Waals surface area contributed by atoms with E-state index < -0.39 is 17.7 Å². The summed E-state index contributed by atoms with van der Waals surface area (Å²) >= 11 is 0. The van der Waals surface area contributed by atoms with E-state index in [4.69, 9.17) is 9.47 Å². The molecule has 0 radical (unpaired) electrons. The predicted octanol–water partition coefficient (Wildman–Crippen LogP) is 6.08. The standard InChI is InChI=1S/C31H34N4O4/c1-19-26-17-21(11-14-27(26)35-34-19)20-7-5-9-23(15-20)29(36)33-28(18-32-30(37)39-31(2,3)4)22-8-6-10-25(16-22)38-24-12-13-24/h5-11,14-17,24,28H,12-13,18H2,1-4H3,(H,32,37)(H,33,36)(H,34,35). The lowest BCUT2D eigenvalue weighted by Gasteiger charge is -2.23. The Morgan fingerprint density at radius 3 is 2.56 bits per heavy atom. The number of fused-ring (bicyclic) bond motifs is 1. The molecule has 3 N–H and O–H groups in total. The zero-order valence-corrected chi connectivity index (χ0v) is 22.7. The number of carbonyl (C=O) groups is 2. The minimum absolute atomic E-state index is 0.156. The van der Waals surface area contributed by atoms with Gasteiger partial charge in [0.05, 0.1) is 17.7 Å². The van der Waals surface area contributed by atoms with Gasteiger partial charge in [-0.1, -0.05) is 30.3 Å². The summed E-state index contributed by atoms with van der Waals surface area (Å²) < 4.78 is 11.4. The van der Waals surface area contributed by atoms with Gasteiger partial charge in [0.1, 0.15) is 11.4 Å². The van der Waals surface area contributed by atoms with Crippen molar-refractivity contribution in [2.24, 2.45) is 0 Å². The van der Waals surface area contributed by atoms with Crippen molar-refractivity contribution in [1.29, 1.82) is 0 Å². The second kappa shape index (κ2) is 10.8. The average molecular weight is 527 g/mol. The molecule has 5 rings (SSSR count). The van der Waals surface area contributed by atoms with E-state index in [1.54, 1.807) is 6.07 Å². The summed E-state index contributed by atoms with van der Waals surface area (Å²) in [6.07, 6.45) is 1.81. The Balaban J connectivity index is 1.36. The Kier molecular flexibility index (Phi) is 7.28. The molecule has 2 amide bonds. The lowest BCUT2D eigenvalue weighted by molar-refractivity contribution is 0.0520. The van der Waals surface area contributed by atoms with Gasteiger partial charge in [-0.3, -0.25) is 9.89 Å². The van der Waals surface area contributed by atoms with Gasteiger partial charge >= 0.3 is 6.09 Å². The van der Waals surface area contributed by atoms with Crippen molar-refractivity contribution in [2.45, 2.75) is 58.3 Å². The highest BCUT2D eigenvalue weighted by Gasteiger charge is 2.25. The molecule has 1 unspecified atom stereocenters. The highest BCUT2D eigenvalue weighted by molar-refractivity contribution is 5.96. The predicted molar refractivity (Wildman–Crippen MR) is 151 cm³/mol. The van der Waals surface area contributed by atoms with Crippen LogP contribution in [0.25, 0.3) is 22.0 Å². The largest absolute Gasteiger partial charge is 0.490 e. The molecule has 1 aliphatic rings. The number of hydrogen-bond donors (Lipinski definition) is 3. The lowest BCUT2D eigenvalue weighted by atomic mass is 10.0. The highest BCUT2D eigenvalue weighted by Crippen LogP contribution is 2.29. The second-order valence-corrected chi connectivity index (χ2v) is 11.0. The lowest BCUT2D eigenvalue weighted by Crippen LogP contribution is -2.40. The normalized spacial score (nSPS) is 14.1. The van der Waals surface area contributed by atoms with E-state index in [0.29, 0.717) is 5.56 Å². The number of aromatic amines is 1. The van der Waals surface area contributed by atoms with E-state index in [9.17, 15) is 9.59 Å². The Hall–Kier alpha value is -4.33. The first-order valence-corrected chi connectivity index (χ1v) is 13.2. The summed E-state index contributed by atoms with van der Waals surface area (Å²) in [5.74, 6) is 0.500. The molecule has 1 aliphatic carbocycles. The molecule has 202 valence electrons. The van der Waals surface area contributed by atoms with Gasteiger partial charge < -0.3 is 20.1 Å². The highest BCUT2D eigenvalue weighted by atomic mass is 16.6. The smallest absolute Gasteiger partial charge is 0.407 e. The summed E-state index contributed by atoms with van der Waals surface area (Å²) in [6.45, 7) is 7.57. The maximum atomic E-state index is 13.5. The quantitative estimate of drug-likeness (QED) is 0.258. The van der Waals surface area contributed by atoms with E-state index >= 15 is 0 Å². The maximum Gasteiger partial charge on any atom is 0.407 e. The molecule has 4 aromatic rings. The monoisotopic (exact) mass is 526 g/mol. The van der Waals surface area contributed by atoms with Gasteiger partial charge in [-0.15, -0.1) is 0 Å². The SMILES string of the molecule is Cc1[nH]nc2ccc(-c3cccc(C(=O)NC(CNC(=O)OC(C)(C)C)c4cccc(OC5CC5)c4)c3)cc12. The first kappa shape index (κ1) is 26.3. The third-order valence-corrected chi connectivity index (χ3v) is 6.45. The van der Waals surface area contributed by atoms with Crippen molar-refractivity contribution in [3.8, 4) is 16.9 Å². The van der Waals surface area contributed by atoms with Gasteiger partial charge in [0.2, 0.25) is 0 Å². The molecule has 1 aromatic heterocycles. The number of nitrogens with one attached hydrogen (secondary N) is 3. The minimum Gasteiger partial charge on any atom is -0.490 e. The van der Waals surface area contributed by atoms with E-state index in [2.05, 4.69) is 26.9 Å². The van der Waals surface area contributed by atoms with Crippen LogP contribution < -0.4 is 15.4 Å². The van der Waals surface area contributed by atoms with Crippen LogP contribution in [-0.2, 0) is 4.74 Å². The van der Waals surface area contributed by atoms with Crippen LogP contribution in [-0.4, -0.2) is 40.4 Å². The molecule has 1 fully saturated rings.